The minimum absolute atomic E-state index is 0.250. The molecule has 1 N–H and O–H groups in total. The largest absolute Gasteiger partial charge is 0.494 e. The van der Waals surface area contributed by atoms with Crippen LogP contribution < -0.4 is 14.8 Å². The Morgan fingerprint density at radius 2 is 1.97 bits per heavy atom. The lowest BCUT2D eigenvalue weighted by Gasteiger charge is -2.12. The van der Waals surface area contributed by atoms with Gasteiger partial charge in [-0.1, -0.05) is 0 Å². The van der Waals surface area contributed by atoms with Crippen molar-refractivity contribution in [3.8, 4) is 17.2 Å². The van der Waals surface area contributed by atoms with Crippen molar-refractivity contribution in [2.24, 2.45) is 7.05 Å². The van der Waals surface area contributed by atoms with Gasteiger partial charge in [-0.05, 0) is 59.8 Å². The lowest BCUT2D eigenvalue weighted by molar-refractivity contribution is 0.102. The molecule has 0 atom stereocenters. The highest BCUT2D eigenvalue weighted by Crippen LogP contribution is 2.26. The van der Waals surface area contributed by atoms with Crippen LogP contribution in [0.2, 0.25) is 0 Å². The molecule has 0 bridgehead atoms. The second kappa shape index (κ2) is 8.66. The quantitative estimate of drug-likeness (QED) is 0.490. The molecule has 0 unspecified atom stereocenters. The summed E-state index contributed by atoms with van der Waals surface area (Å²) in [5, 5.41) is 14.4. The SMILES string of the molecule is COc1ccc(NC(=O)c2ccc(OCc3nccn3C)cc2)cc1-n1nnnc1C. The van der Waals surface area contributed by atoms with Crippen molar-refractivity contribution >= 4 is 11.6 Å². The number of nitrogens with zero attached hydrogens (tertiary/aromatic N) is 6. The number of amides is 1. The minimum Gasteiger partial charge on any atom is -0.494 e. The van der Waals surface area contributed by atoms with Gasteiger partial charge in [0.15, 0.2) is 5.82 Å². The van der Waals surface area contributed by atoms with Gasteiger partial charge in [0.2, 0.25) is 0 Å². The molecule has 0 saturated heterocycles. The molecule has 0 fully saturated rings. The molecule has 0 aliphatic carbocycles. The number of tetrazole rings is 1. The van der Waals surface area contributed by atoms with E-state index in [1.54, 1.807) is 67.4 Å². The third kappa shape index (κ3) is 4.37. The number of methoxy groups -OCH3 is 1. The van der Waals surface area contributed by atoms with Gasteiger partial charge in [-0.25, -0.2) is 4.98 Å². The van der Waals surface area contributed by atoms with Gasteiger partial charge in [0.05, 0.1) is 7.11 Å². The summed E-state index contributed by atoms with van der Waals surface area (Å²) in [6.07, 6.45) is 3.58. The Labute approximate surface area is 178 Å². The first-order valence-corrected chi connectivity index (χ1v) is 9.49. The lowest BCUT2D eigenvalue weighted by atomic mass is 10.2. The third-order valence-corrected chi connectivity index (χ3v) is 4.70. The first-order valence-electron chi connectivity index (χ1n) is 9.49. The molecule has 2 heterocycles. The summed E-state index contributed by atoms with van der Waals surface area (Å²) in [6, 6.07) is 12.2. The normalized spacial score (nSPS) is 10.7. The Kier molecular flexibility index (Phi) is 5.61. The van der Waals surface area contributed by atoms with Crippen molar-refractivity contribution in [3.05, 3.63) is 72.1 Å². The van der Waals surface area contributed by atoms with Gasteiger partial charge in [-0.3, -0.25) is 4.79 Å². The van der Waals surface area contributed by atoms with E-state index in [4.69, 9.17) is 9.47 Å². The van der Waals surface area contributed by atoms with Gasteiger partial charge in [0, 0.05) is 30.7 Å². The second-order valence-electron chi connectivity index (χ2n) is 6.75. The Morgan fingerprint density at radius 1 is 1.16 bits per heavy atom. The number of imidazole rings is 1. The van der Waals surface area contributed by atoms with E-state index in [0.717, 1.165) is 5.82 Å². The third-order valence-electron chi connectivity index (χ3n) is 4.70. The lowest BCUT2D eigenvalue weighted by Crippen LogP contribution is -2.12. The molecule has 10 heteroatoms. The first kappa shape index (κ1) is 20.1. The molecule has 10 nitrogen and oxygen atoms in total. The van der Waals surface area contributed by atoms with Crippen LogP contribution in [-0.4, -0.2) is 42.8 Å². The molecule has 158 valence electrons. The predicted octanol–water partition coefficient (Wildman–Crippen LogP) is 2.54. The number of benzene rings is 2. The maximum absolute atomic E-state index is 12.7. The summed E-state index contributed by atoms with van der Waals surface area (Å²) < 4.78 is 14.6. The summed E-state index contributed by atoms with van der Waals surface area (Å²) in [4.78, 5) is 16.9. The molecule has 1 amide bonds. The van der Waals surface area contributed by atoms with Crippen LogP contribution in [0, 0.1) is 6.92 Å². The highest BCUT2D eigenvalue weighted by molar-refractivity contribution is 6.04. The monoisotopic (exact) mass is 419 g/mol. The fourth-order valence-corrected chi connectivity index (χ4v) is 2.98. The van der Waals surface area contributed by atoms with E-state index in [1.165, 1.54) is 0 Å². The Bertz CT molecular complexity index is 1200. The van der Waals surface area contributed by atoms with E-state index in [-0.39, 0.29) is 5.91 Å². The van der Waals surface area contributed by atoms with E-state index in [0.29, 0.717) is 40.9 Å². The average Bonchev–Trinajstić information content (AvgIpc) is 3.40. The standard InChI is InChI=1S/C21H21N7O3/c1-14-24-25-26-28(14)18-12-16(6-9-19(18)30-3)23-21(29)15-4-7-17(8-5-15)31-13-20-22-10-11-27(20)2/h4-12H,13H2,1-3H3,(H,23,29). The highest BCUT2D eigenvalue weighted by atomic mass is 16.5. The zero-order chi connectivity index (χ0) is 21.8. The predicted molar refractivity (Wildman–Crippen MR) is 112 cm³/mol. The van der Waals surface area contributed by atoms with Gasteiger partial charge in [-0.2, -0.15) is 4.68 Å². The van der Waals surface area contributed by atoms with Crippen LogP contribution in [0.15, 0.2) is 54.9 Å². The van der Waals surface area contributed by atoms with Crippen LogP contribution in [0.3, 0.4) is 0 Å². The Morgan fingerprint density at radius 3 is 2.61 bits per heavy atom. The number of aryl methyl sites for hydroxylation is 2. The van der Waals surface area contributed by atoms with E-state index < -0.39 is 0 Å². The number of aromatic nitrogens is 6. The van der Waals surface area contributed by atoms with Crippen LogP contribution in [0.4, 0.5) is 5.69 Å². The van der Waals surface area contributed by atoms with E-state index in [1.807, 2.05) is 17.8 Å². The number of hydrogen-bond donors (Lipinski definition) is 1. The molecule has 0 radical (unpaired) electrons. The molecule has 0 saturated carbocycles. The Hall–Kier alpha value is -4.21. The van der Waals surface area contributed by atoms with E-state index >= 15 is 0 Å². The van der Waals surface area contributed by atoms with Gasteiger partial charge in [0.25, 0.3) is 5.91 Å². The van der Waals surface area contributed by atoms with Crippen molar-refractivity contribution < 1.29 is 14.3 Å². The molecular weight excluding hydrogens is 398 g/mol. The van der Waals surface area contributed by atoms with Crippen LogP contribution >= 0.6 is 0 Å². The molecule has 2 aromatic carbocycles. The van der Waals surface area contributed by atoms with Crippen molar-refractivity contribution in [2.75, 3.05) is 12.4 Å². The summed E-state index contributed by atoms with van der Waals surface area (Å²) in [5.74, 6) is 2.40. The minimum atomic E-state index is -0.250. The average molecular weight is 419 g/mol. The van der Waals surface area contributed by atoms with Crippen molar-refractivity contribution in [3.63, 3.8) is 0 Å². The molecule has 31 heavy (non-hydrogen) atoms. The van der Waals surface area contributed by atoms with E-state index in [2.05, 4.69) is 25.8 Å². The van der Waals surface area contributed by atoms with Gasteiger partial charge in [0.1, 0.15) is 29.6 Å². The first-order chi connectivity index (χ1) is 15.0. The highest BCUT2D eigenvalue weighted by Gasteiger charge is 2.13. The smallest absolute Gasteiger partial charge is 0.255 e. The van der Waals surface area contributed by atoms with Crippen LogP contribution in [0.5, 0.6) is 11.5 Å². The summed E-state index contributed by atoms with van der Waals surface area (Å²) >= 11 is 0. The molecule has 0 aliphatic rings. The zero-order valence-electron chi connectivity index (χ0n) is 17.3. The topological polar surface area (TPSA) is 109 Å². The summed E-state index contributed by atoms with van der Waals surface area (Å²) in [7, 11) is 3.47. The van der Waals surface area contributed by atoms with Gasteiger partial charge < -0.3 is 19.4 Å². The fourth-order valence-electron chi connectivity index (χ4n) is 2.98. The molecule has 4 aromatic rings. The van der Waals surface area contributed by atoms with Gasteiger partial charge in [-0.15, -0.1) is 5.10 Å². The Balaban J connectivity index is 1.45. The molecular formula is C21H21N7O3. The molecule has 0 aliphatic heterocycles. The number of nitrogens with one attached hydrogen (secondary N) is 1. The van der Waals surface area contributed by atoms with Crippen molar-refractivity contribution in [1.82, 2.24) is 29.8 Å². The number of ether oxygens (including phenoxy) is 2. The number of rotatable bonds is 7. The molecule has 2 aromatic heterocycles. The zero-order valence-corrected chi connectivity index (χ0v) is 17.3. The summed E-state index contributed by atoms with van der Waals surface area (Å²) in [5.41, 5.74) is 1.71. The van der Waals surface area contributed by atoms with Crippen molar-refractivity contribution in [2.45, 2.75) is 13.5 Å². The molecule has 4 rings (SSSR count). The van der Waals surface area contributed by atoms with E-state index in [9.17, 15) is 4.79 Å². The van der Waals surface area contributed by atoms with Gasteiger partial charge >= 0.3 is 0 Å². The van der Waals surface area contributed by atoms with Crippen molar-refractivity contribution in [1.29, 1.82) is 0 Å². The number of carbonyl (C=O) groups excluding carboxylic acids is 1. The maximum atomic E-state index is 12.7. The second-order valence-corrected chi connectivity index (χ2v) is 6.75. The maximum Gasteiger partial charge on any atom is 0.255 e. The molecule has 0 spiro atoms. The van der Waals surface area contributed by atoms with Crippen LogP contribution in [0.1, 0.15) is 22.0 Å². The van der Waals surface area contributed by atoms with Crippen LogP contribution in [0.25, 0.3) is 5.69 Å². The van der Waals surface area contributed by atoms with Crippen LogP contribution in [-0.2, 0) is 13.7 Å². The number of hydrogen-bond acceptors (Lipinski definition) is 7. The number of anilines is 1. The summed E-state index contributed by atoms with van der Waals surface area (Å²) in [6.45, 7) is 2.13. The number of carbonyl (C=O) groups is 1. The fraction of sp³-hybridized carbons (Fsp3) is 0.190.